The number of nitrogens with one attached hydrogen (secondary N) is 1. The number of nitrogens with zero attached hydrogens (tertiary/aromatic N) is 3. The molecule has 1 amide bonds. The third-order valence-electron chi connectivity index (χ3n) is 4.58. The maximum atomic E-state index is 11.7. The average molecular weight is 278 g/mol. The van der Waals surface area contributed by atoms with E-state index in [1.165, 1.54) is 6.42 Å². The van der Waals surface area contributed by atoms with E-state index in [9.17, 15) is 4.79 Å². The van der Waals surface area contributed by atoms with Crippen LogP contribution in [0.2, 0.25) is 0 Å². The highest BCUT2D eigenvalue weighted by molar-refractivity contribution is 5.77. The van der Waals surface area contributed by atoms with E-state index in [-0.39, 0.29) is 11.8 Å². The molecule has 1 N–H and O–H groups in total. The summed E-state index contributed by atoms with van der Waals surface area (Å²) in [4.78, 5) is 15.6. The Morgan fingerprint density at radius 2 is 2.00 bits per heavy atom. The van der Waals surface area contributed by atoms with Gasteiger partial charge < -0.3 is 10.2 Å². The number of hydrogen-bond acceptors (Lipinski definition) is 4. The molecule has 1 aliphatic carbocycles. The van der Waals surface area contributed by atoms with Gasteiger partial charge in [0.25, 0.3) is 0 Å². The summed E-state index contributed by atoms with van der Waals surface area (Å²) in [6, 6.07) is 3.33. The lowest BCUT2D eigenvalue weighted by molar-refractivity contribution is -0.130. The summed E-state index contributed by atoms with van der Waals surface area (Å²) in [7, 11) is 3.61. The van der Waals surface area contributed by atoms with Gasteiger partial charge in [0.15, 0.2) is 0 Å². The Bertz CT molecular complexity index is 369. The second kappa shape index (κ2) is 7.05. The van der Waals surface area contributed by atoms with Gasteiger partial charge in [-0.05, 0) is 25.7 Å². The summed E-state index contributed by atoms with van der Waals surface area (Å²) in [5.41, 5.74) is 0. The summed E-state index contributed by atoms with van der Waals surface area (Å²) < 4.78 is 0. The van der Waals surface area contributed by atoms with Crippen molar-refractivity contribution in [3.63, 3.8) is 0 Å². The normalized spacial score (nSPS) is 28.2. The first-order chi connectivity index (χ1) is 9.60. The van der Waals surface area contributed by atoms with Crippen LogP contribution in [0, 0.1) is 17.2 Å². The van der Waals surface area contributed by atoms with Gasteiger partial charge in [-0.15, -0.1) is 0 Å². The van der Waals surface area contributed by atoms with E-state index in [2.05, 4.69) is 16.3 Å². The average Bonchev–Trinajstić information content (AvgIpc) is 2.88. The van der Waals surface area contributed by atoms with Crippen LogP contribution in [0.5, 0.6) is 0 Å². The summed E-state index contributed by atoms with van der Waals surface area (Å²) in [6.07, 6.45) is 5.51. The Hall–Kier alpha value is -1.12. The van der Waals surface area contributed by atoms with Crippen LogP contribution in [-0.2, 0) is 4.79 Å². The van der Waals surface area contributed by atoms with Crippen molar-refractivity contribution in [3.05, 3.63) is 0 Å². The third kappa shape index (κ3) is 3.94. The molecule has 0 radical (unpaired) electrons. The zero-order valence-electron chi connectivity index (χ0n) is 12.6. The lowest BCUT2D eigenvalue weighted by Gasteiger charge is -2.34. The van der Waals surface area contributed by atoms with Crippen molar-refractivity contribution in [2.24, 2.45) is 5.92 Å². The number of carbonyl (C=O) groups excluding carboxylic acids is 1. The van der Waals surface area contributed by atoms with E-state index in [1.807, 2.05) is 0 Å². The molecule has 1 aliphatic heterocycles. The highest BCUT2D eigenvalue weighted by Crippen LogP contribution is 2.26. The van der Waals surface area contributed by atoms with E-state index >= 15 is 0 Å². The molecule has 1 saturated carbocycles. The smallest absolute Gasteiger partial charge is 0.236 e. The molecule has 5 nitrogen and oxygen atoms in total. The number of rotatable bonds is 4. The van der Waals surface area contributed by atoms with Crippen molar-refractivity contribution in [2.75, 3.05) is 33.7 Å². The second-order valence-corrected chi connectivity index (χ2v) is 6.28. The quantitative estimate of drug-likeness (QED) is 0.827. The molecule has 0 aromatic rings. The number of piperidine rings is 1. The highest BCUT2D eigenvalue weighted by Gasteiger charge is 2.30. The Morgan fingerprint density at radius 1 is 1.30 bits per heavy atom. The van der Waals surface area contributed by atoms with Gasteiger partial charge >= 0.3 is 0 Å². The minimum atomic E-state index is 0.178. The summed E-state index contributed by atoms with van der Waals surface area (Å²) in [5, 5.41) is 12.8. The summed E-state index contributed by atoms with van der Waals surface area (Å²) in [5.74, 6) is 0.375. The maximum absolute atomic E-state index is 11.7. The molecule has 0 aromatic carbocycles. The molecule has 0 bridgehead atoms. The second-order valence-electron chi connectivity index (χ2n) is 6.28. The number of hydrogen-bond donors (Lipinski definition) is 1. The monoisotopic (exact) mass is 278 g/mol. The van der Waals surface area contributed by atoms with Crippen LogP contribution >= 0.6 is 0 Å². The van der Waals surface area contributed by atoms with Gasteiger partial charge in [0, 0.05) is 39.3 Å². The van der Waals surface area contributed by atoms with Crippen molar-refractivity contribution < 1.29 is 4.79 Å². The van der Waals surface area contributed by atoms with Crippen LogP contribution < -0.4 is 5.32 Å². The van der Waals surface area contributed by atoms with Crippen molar-refractivity contribution in [1.29, 1.82) is 5.26 Å². The van der Waals surface area contributed by atoms with Crippen molar-refractivity contribution in [3.8, 4) is 6.07 Å². The van der Waals surface area contributed by atoms with E-state index < -0.39 is 0 Å². The van der Waals surface area contributed by atoms with E-state index in [1.54, 1.807) is 19.0 Å². The number of amides is 1. The molecule has 0 spiro atoms. The fraction of sp³-hybridized carbons (Fsp3) is 0.867. The number of carbonyl (C=O) groups is 1. The Balaban J connectivity index is 1.72. The number of likely N-dealkylation sites (tertiary alicyclic amines) is 1. The Labute approximate surface area is 121 Å². The van der Waals surface area contributed by atoms with Gasteiger partial charge in [-0.2, -0.15) is 5.26 Å². The summed E-state index contributed by atoms with van der Waals surface area (Å²) >= 11 is 0. The third-order valence-corrected chi connectivity index (χ3v) is 4.58. The van der Waals surface area contributed by atoms with Crippen molar-refractivity contribution in [1.82, 2.24) is 15.1 Å². The van der Waals surface area contributed by atoms with Gasteiger partial charge in [-0.1, -0.05) is 6.42 Å². The van der Waals surface area contributed by atoms with Gasteiger partial charge in [0.05, 0.1) is 18.5 Å². The number of nitriles is 1. The van der Waals surface area contributed by atoms with Crippen LogP contribution in [0.4, 0.5) is 0 Å². The van der Waals surface area contributed by atoms with Crippen molar-refractivity contribution in [2.45, 2.75) is 44.2 Å². The van der Waals surface area contributed by atoms with Crippen LogP contribution in [0.1, 0.15) is 32.1 Å². The maximum Gasteiger partial charge on any atom is 0.236 e. The fourth-order valence-electron chi connectivity index (χ4n) is 3.21. The molecule has 2 unspecified atom stereocenters. The zero-order chi connectivity index (χ0) is 14.5. The van der Waals surface area contributed by atoms with Crippen LogP contribution in [-0.4, -0.2) is 61.5 Å². The molecule has 1 heterocycles. The van der Waals surface area contributed by atoms with Gasteiger partial charge in [0.1, 0.15) is 0 Å². The fourth-order valence-corrected chi connectivity index (χ4v) is 3.21. The molecular weight excluding hydrogens is 252 g/mol. The lowest BCUT2D eigenvalue weighted by Crippen LogP contribution is -2.48. The first-order valence-electron chi connectivity index (χ1n) is 7.68. The van der Waals surface area contributed by atoms with E-state index in [0.29, 0.717) is 18.6 Å². The largest absolute Gasteiger partial charge is 0.348 e. The Kier molecular flexibility index (Phi) is 5.38. The highest BCUT2D eigenvalue weighted by atomic mass is 16.2. The van der Waals surface area contributed by atoms with Crippen molar-refractivity contribution >= 4 is 5.91 Å². The topological polar surface area (TPSA) is 59.4 Å². The molecule has 2 fully saturated rings. The molecule has 5 heteroatoms. The summed E-state index contributed by atoms with van der Waals surface area (Å²) in [6.45, 7) is 2.48. The van der Waals surface area contributed by atoms with Crippen LogP contribution in [0.15, 0.2) is 0 Å². The minimum absolute atomic E-state index is 0.178. The molecule has 2 atom stereocenters. The Morgan fingerprint density at radius 3 is 2.60 bits per heavy atom. The van der Waals surface area contributed by atoms with E-state index in [4.69, 9.17) is 5.26 Å². The number of likely N-dealkylation sites (N-methyl/N-ethyl adjacent to an activating group) is 1. The SMILES string of the molecule is CN(C)C(=O)CN1CCC(NC2CCCC2C#N)CC1. The van der Waals surface area contributed by atoms with Gasteiger partial charge in [-0.3, -0.25) is 9.69 Å². The predicted octanol–water partition coefficient (Wildman–Crippen LogP) is 0.821. The molecule has 1 saturated heterocycles. The van der Waals surface area contributed by atoms with Crippen LogP contribution in [0.3, 0.4) is 0 Å². The standard InChI is InChI=1S/C15H26N4O/c1-18(2)15(20)11-19-8-6-13(7-9-19)17-14-5-3-4-12(14)10-16/h12-14,17H,3-9,11H2,1-2H3. The molecular formula is C15H26N4O. The van der Waals surface area contributed by atoms with E-state index in [0.717, 1.165) is 38.8 Å². The molecule has 20 heavy (non-hydrogen) atoms. The predicted molar refractivity (Wildman–Crippen MR) is 78.0 cm³/mol. The zero-order valence-corrected chi connectivity index (χ0v) is 12.6. The molecule has 0 aromatic heterocycles. The molecule has 2 rings (SSSR count). The molecule has 2 aliphatic rings. The first kappa shape index (κ1) is 15.3. The first-order valence-corrected chi connectivity index (χ1v) is 7.68. The van der Waals surface area contributed by atoms with Gasteiger partial charge in [-0.25, -0.2) is 0 Å². The van der Waals surface area contributed by atoms with Crippen LogP contribution in [0.25, 0.3) is 0 Å². The lowest BCUT2D eigenvalue weighted by atomic mass is 10.00. The van der Waals surface area contributed by atoms with Gasteiger partial charge in [0.2, 0.25) is 5.91 Å². The minimum Gasteiger partial charge on any atom is -0.348 e. The molecule has 112 valence electrons.